The van der Waals surface area contributed by atoms with E-state index in [1.54, 1.807) is 12.1 Å². The van der Waals surface area contributed by atoms with Crippen molar-refractivity contribution in [3.63, 3.8) is 0 Å². The van der Waals surface area contributed by atoms with Crippen molar-refractivity contribution in [2.24, 2.45) is 5.92 Å². The van der Waals surface area contributed by atoms with Gasteiger partial charge in [-0.15, -0.1) is 0 Å². The van der Waals surface area contributed by atoms with Crippen molar-refractivity contribution in [3.8, 4) is 0 Å². The minimum Gasteiger partial charge on any atom is -0.394 e. The summed E-state index contributed by atoms with van der Waals surface area (Å²) in [6, 6.07) is 14.9. The highest BCUT2D eigenvalue weighted by molar-refractivity contribution is 6.41. The number of carbonyl (C=O) groups is 4. The Morgan fingerprint density at radius 1 is 0.560 bits per heavy atom. The van der Waals surface area contributed by atoms with Gasteiger partial charge in [0.2, 0.25) is 0 Å². The molecule has 5 aromatic carbocycles. The lowest BCUT2D eigenvalue weighted by atomic mass is 9.82. The minimum absolute atomic E-state index is 0.0330. The summed E-state index contributed by atoms with van der Waals surface area (Å²) in [5, 5.41) is 15.2. The van der Waals surface area contributed by atoms with Crippen LogP contribution in [0.15, 0.2) is 48.5 Å². The van der Waals surface area contributed by atoms with Crippen LogP contribution in [0.4, 0.5) is 0 Å². The molecule has 1 atom stereocenters. The molecule has 2 heterocycles. The van der Waals surface area contributed by atoms with E-state index >= 15 is 0 Å². The monoisotopic (exact) mass is 678 g/mol. The average molecular weight is 679 g/mol. The van der Waals surface area contributed by atoms with E-state index in [2.05, 4.69) is 13.8 Å². The number of benzene rings is 5. The predicted molar refractivity (Wildman–Crippen MR) is 191 cm³/mol. The van der Waals surface area contributed by atoms with Crippen LogP contribution in [0.1, 0.15) is 81.0 Å². The van der Waals surface area contributed by atoms with E-state index < -0.39 is 0 Å². The van der Waals surface area contributed by atoms with Gasteiger partial charge < -0.3 is 19.3 Å². The van der Waals surface area contributed by atoms with Crippen molar-refractivity contribution in [1.29, 1.82) is 0 Å². The Balaban J connectivity index is 1.19. The van der Waals surface area contributed by atoms with Crippen molar-refractivity contribution in [2.45, 2.75) is 39.5 Å². The highest BCUT2D eigenvalue weighted by Crippen LogP contribution is 2.46. The van der Waals surface area contributed by atoms with Crippen molar-refractivity contribution in [1.82, 2.24) is 9.80 Å². The van der Waals surface area contributed by atoms with Gasteiger partial charge in [0.1, 0.15) is 0 Å². The zero-order chi connectivity index (χ0) is 34.9. The summed E-state index contributed by atoms with van der Waals surface area (Å²) in [5.74, 6) is -0.998. The Kier molecular flexibility index (Phi) is 9.79. The first-order chi connectivity index (χ1) is 24.4. The Bertz CT molecular complexity index is 2000. The fraction of sp³-hybridized carbons (Fsp3) is 0.400. The Hall–Kier alpha value is -4.48. The SMILES string of the molecule is CCCCC(CC)CN1C(=O)c2ccc3c4ccc5c6c(ccc(c7ccc(c2c37)C1=O)c64)C(=O)N(CCOCCOCCOCCO)C5=O. The van der Waals surface area contributed by atoms with Crippen LogP contribution in [0.25, 0.3) is 43.1 Å². The van der Waals surface area contributed by atoms with Gasteiger partial charge in [0.15, 0.2) is 0 Å². The van der Waals surface area contributed by atoms with Gasteiger partial charge in [-0.05, 0) is 68.9 Å². The second-order valence-electron chi connectivity index (χ2n) is 13.1. The number of unbranched alkanes of at least 4 members (excludes halogenated alkanes) is 1. The van der Waals surface area contributed by atoms with Crippen LogP contribution in [0.2, 0.25) is 0 Å². The second-order valence-corrected chi connectivity index (χ2v) is 13.1. The van der Waals surface area contributed by atoms with Crippen LogP contribution in [0.3, 0.4) is 0 Å². The first-order valence-corrected chi connectivity index (χ1v) is 17.7. The fourth-order valence-corrected chi connectivity index (χ4v) is 7.67. The van der Waals surface area contributed by atoms with Gasteiger partial charge in [-0.1, -0.05) is 57.4 Å². The quantitative estimate of drug-likeness (QED) is 0.0535. The number of hydrogen-bond donors (Lipinski definition) is 1. The highest BCUT2D eigenvalue weighted by atomic mass is 16.5. The molecule has 0 bridgehead atoms. The molecule has 50 heavy (non-hydrogen) atoms. The standard InChI is InChI=1S/C40H42N2O8/c1-3-5-6-24(4-2)23-42-39(46)31-13-9-27-25-7-11-29-35-30(12-8-26(33(25)35)28-10-14-32(40(42)47)36(31)34(27)28)38(45)41(37(29)44)15-17-48-19-21-50-22-20-49-18-16-43/h7-14,24,43H,3-6,15-23H2,1-2H3. The number of ether oxygens (including phenoxy) is 3. The molecule has 0 fully saturated rings. The lowest BCUT2D eigenvalue weighted by Gasteiger charge is -2.31. The van der Waals surface area contributed by atoms with E-state index in [1.807, 2.05) is 36.4 Å². The summed E-state index contributed by atoms with van der Waals surface area (Å²) in [5.41, 5.74) is 1.97. The van der Waals surface area contributed by atoms with Gasteiger partial charge in [0.05, 0.1) is 52.8 Å². The lowest BCUT2D eigenvalue weighted by molar-refractivity contribution is 0.00502. The summed E-state index contributed by atoms with van der Waals surface area (Å²) < 4.78 is 16.2. The zero-order valence-electron chi connectivity index (χ0n) is 28.6. The van der Waals surface area contributed by atoms with E-state index in [0.29, 0.717) is 66.0 Å². The normalized spacial score (nSPS) is 15.2. The average Bonchev–Trinajstić information content (AvgIpc) is 3.13. The molecular formula is C40H42N2O8. The van der Waals surface area contributed by atoms with E-state index in [4.69, 9.17) is 19.3 Å². The molecule has 260 valence electrons. The smallest absolute Gasteiger partial charge is 0.261 e. The number of nitrogens with zero attached hydrogens (tertiary/aromatic N) is 2. The maximum atomic E-state index is 13.9. The van der Waals surface area contributed by atoms with Crippen LogP contribution >= 0.6 is 0 Å². The van der Waals surface area contributed by atoms with Gasteiger partial charge in [0, 0.05) is 39.6 Å². The number of fused-ring (bicyclic) bond motifs is 2. The maximum Gasteiger partial charge on any atom is 0.261 e. The zero-order valence-corrected chi connectivity index (χ0v) is 28.6. The summed E-state index contributed by atoms with van der Waals surface area (Å²) in [6.07, 6.45) is 4.01. The largest absolute Gasteiger partial charge is 0.394 e. The summed E-state index contributed by atoms with van der Waals surface area (Å²) in [6.45, 7) is 6.58. The van der Waals surface area contributed by atoms with E-state index in [0.717, 1.165) is 58.0 Å². The minimum atomic E-state index is -0.372. The molecule has 0 spiro atoms. The lowest BCUT2D eigenvalue weighted by Crippen LogP contribution is -2.43. The van der Waals surface area contributed by atoms with Gasteiger partial charge in [0.25, 0.3) is 23.6 Å². The first kappa shape index (κ1) is 34.0. The van der Waals surface area contributed by atoms with E-state index in [1.165, 1.54) is 9.80 Å². The molecule has 5 aromatic rings. The third-order valence-corrected chi connectivity index (χ3v) is 10.2. The van der Waals surface area contributed by atoms with Gasteiger partial charge >= 0.3 is 0 Å². The summed E-state index contributed by atoms with van der Waals surface area (Å²) in [7, 11) is 0. The van der Waals surface area contributed by atoms with Crippen LogP contribution in [0, 0.1) is 5.92 Å². The summed E-state index contributed by atoms with van der Waals surface area (Å²) in [4.78, 5) is 58.1. The topological polar surface area (TPSA) is 123 Å². The molecule has 7 rings (SSSR count). The number of hydrogen-bond acceptors (Lipinski definition) is 8. The molecule has 1 unspecified atom stereocenters. The Morgan fingerprint density at radius 3 is 1.40 bits per heavy atom. The second kappa shape index (κ2) is 14.4. The number of rotatable bonds is 17. The molecule has 0 saturated heterocycles. The number of aliphatic hydroxyl groups excluding tert-OH is 1. The fourth-order valence-electron chi connectivity index (χ4n) is 7.67. The van der Waals surface area contributed by atoms with Crippen LogP contribution in [-0.4, -0.2) is 97.9 Å². The molecule has 0 aromatic heterocycles. The molecular weight excluding hydrogens is 636 g/mol. The number of imide groups is 2. The van der Waals surface area contributed by atoms with Crippen molar-refractivity contribution in [3.05, 3.63) is 70.8 Å². The van der Waals surface area contributed by atoms with E-state index in [-0.39, 0.29) is 55.9 Å². The Labute approximate surface area is 290 Å². The van der Waals surface area contributed by atoms with Crippen LogP contribution < -0.4 is 0 Å². The number of carbonyl (C=O) groups excluding carboxylic acids is 4. The third kappa shape index (κ3) is 5.70. The third-order valence-electron chi connectivity index (χ3n) is 10.2. The van der Waals surface area contributed by atoms with Gasteiger partial charge in [-0.25, -0.2) is 0 Å². The molecule has 10 nitrogen and oxygen atoms in total. The molecule has 1 N–H and O–H groups in total. The molecule has 0 saturated carbocycles. The molecule has 2 aliphatic heterocycles. The molecule has 0 radical (unpaired) electrons. The maximum absolute atomic E-state index is 13.9. The van der Waals surface area contributed by atoms with E-state index in [9.17, 15) is 19.2 Å². The predicted octanol–water partition coefficient (Wildman–Crippen LogP) is 6.19. The van der Waals surface area contributed by atoms with Gasteiger partial charge in [-0.2, -0.15) is 0 Å². The summed E-state index contributed by atoms with van der Waals surface area (Å²) >= 11 is 0. The molecule has 0 aliphatic carbocycles. The number of aliphatic hydroxyl groups is 1. The number of amides is 4. The molecule has 10 heteroatoms. The van der Waals surface area contributed by atoms with Crippen LogP contribution in [0.5, 0.6) is 0 Å². The highest BCUT2D eigenvalue weighted by Gasteiger charge is 2.37. The Morgan fingerprint density at radius 2 is 0.980 bits per heavy atom. The van der Waals surface area contributed by atoms with Gasteiger partial charge in [-0.3, -0.25) is 29.0 Å². The first-order valence-electron chi connectivity index (χ1n) is 17.7. The molecule has 4 amide bonds. The van der Waals surface area contributed by atoms with Crippen molar-refractivity contribution < 1.29 is 38.5 Å². The van der Waals surface area contributed by atoms with Crippen LogP contribution in [-0.2, 0) is 14.2 Å². The molecule has 2 aliphatic rings. The van der Waals surface area contributed by atoms with Crippen molar-refractivity contribution in [2.75, 3.05) is 59.3 Å². The van der Waals surface area contributed by atoms with Crippen molar-refractivity contribution >= 4 is 66.7 Å².